The molecule has 5 nitrogen and oxygen atoms in total. The largest absolute Gasteiger partial charge is 0.496 e. The van der Waals surface area contributed by atoms with Crippen molar-refractivity contribution in [2.75, 3.05) is 13.7 Å². The number of aliphatic hydroxyl groups excluding tert-OH is 1. The molecule has 2 aromatic carbocycles. The predicted octanol–water partition coefficient (Wildman–Crippen LogP) is 3.67. The van der Waals surface area contributed by atoms with Gasteiger partial charge in [0.2, 0.25) is 5.91 Å². The maximum Gasteiger partial charge on any atom is 0.230 e. The van der Waals surface area contributed by atoms with Gasteiger partial charge in [-0.1, -0.05) is 24.3 Å². The molecule has 0 radical (unpaired) electrons. The quantitative estimate of drug-likeness (QED) is 0.730. The molecule has 28 heavy (non-hydrogen) atoms. The van der Waals surface area contributed by atoms with Gasteiger partial charge in [0, 0.05) is 6.54 Å². The molecule has 0 spiro atoms. The van der Waals surface area contributed by atoms with Gasteiger partial charge in [0.15, 0.2) is 0 Å². The standard InChI is InChI=1S/C23H29NO4/c1-15(2)28-19-7-5-6-17(12-19)20(25)14-24-22(26)23(10-11-23)18-9-8-16(3)21(13-18)27-4/h5-9,12-13,15,20,25H,10-11,14H2,1-4H3,(H,24,26). The molecule has 2 aromatic rings. The van der Waals surface area contributed by atoms with Crippen molar-refractivity contribution in [3.8, 4) is 11.5 Å². The highest BCUT2D eigenvalue weighted by atomic mass is 16.5. The van der Waals surface area contributed by atoms with E-state index in [4.69, 9.17) is 9.47 Å². The normalized spacial score (nSPS) is 15.8. The Morgan fingerprint density at radius 3 is 2.61 bits per heavy atom. The molecule has 0 aromatic heterocycles. The number of aryl methyl sites for hydroxylation is 1. The number of benzene rings is 2. The molecule has 5 heteroatoms. The second kappa shape index (κ2) is 8.23. The van der Waals surface area contributed by atoms with Crippen LogP contribution >= 0.6 is 0 Å². The fourth-order valence-corrected chi connectivity index (χ4v) is 3.43. The lowest BCUT2D eigenvalue weighted by Crippen LogP contribution is -2.37. The molecule has 1 aliphatic rings. The maximum atomic E-state index is 12.9. The second-order valence-corrected chi connectivity index (χ2v) is 7.73. The minimum atomic E-state index is -0.789. The van der Waals surface area contributed by atoms with Gasteiger partial charge in [-0.25, -0.2) is 0 Å². The van der Waals surface area contributed by atoms with Crippen LogP contribution in [0.15, 0.2) is 42.5 Å². The highest BCUT2D eigenvalue weighted by molar-refractivity contribution is 5.91. The molecular weight excluding hydrogens is 354 g/mol. The lowest BCUT2D eigenvalue weighted by atomic mass is 9.93. The number of nitrogens with one attached hydrogen (secondary N) is 1. The molecule has 1 atom stereocenters. The number of aliphatic hydroxyl groups is 1. The third-order valence-electron chi connectivity index (χ3n) is 5.22. The van der Waals surface area contributed by atoms with Gasteiger partial charge >= 0.3 is 0 Å². The second-order valence-electron chi connectivity index (χ2n) is 7.73. The van der Waals surface area contributed by atoms with Crippen LogP contribution in [0, 0.1) is 6.92 Å². The van der Waals surface area contributed by atoms with Crippen molar-refractivity contribution in [2.45, 2.75) is 51.2 Å². The minimum Gasteiger partial charge on any atom is -0.496 e. The molecule has 0 saturated heterocycles. The summed E-state index contributed by atoms with van der Waals surface area (Å²) < 4.78 is 11.1. The molecule has 150 valence electrons. The first-order valence-corrected chi connectivity index (χ1v) is 9.74. The van der Waals surface area contributed by atoms with Crippen LogP contribution in [0.3, 0.4) is 0 Å². The fraction of sp³-hybridized carbons (Fsp3) is 0.435. The third-order valence-corrected chi connectivity index (χ3v) is 5.22. The smallest absolute Gasteiger partial charge is 0.230 e. The predicted molar refractivity (Wildman–Crippen MR) is 109 cm³/mol. The molecule has 1 amide bonds. The Hall–Kier alpha value is -2.53. The summed E-state index contributed by atoms with van der Waals surface area (Å²) in [7, 11) is 1.64. The van der Waals surface area contributed by atoms with Crippen molar-refractivity contribution in [1.82, 2.24) is 5.32 Å². The Morgan fingerprint density at radius 2 is 1.96 bits per heavy atom. The van der Waals surface area contributed by atoms with Gasteiger partial charge in [-0.3, -0.25) is 4.79 Å². The number of hydrogen-bond acceptors (Lipinski definition) is 4. The van der Waals surface area contributed by atoms with E-state index in [1.165, 1.54) is 0 Å². The van der Waals surface area contributed by atoms with Crippen molar-refractivity contribution < 1.29 is 19.4 Å². The first-order chi connectivity index (χ1) is 13.4. The molecule has 2 N–H and O–H groups in total. The van der Waals surface area contributed by atoms with Gasteiger partial charge in [0.1, 0.15) is 11.5 Å². The van der Waals surface area contributed by atoms with E-state index in [0.717, 1.165) is 35.3 Å². The van der Waals surface area contributed by atoms with Crippen molar-refractivity contribution >= 4 is 5.91 Å². The van der Waals surface area contributed by atoms with E-state index >= 15 is 0 Å². The number of carbonyl (C=O) groups excluding carboxylic acids is 1. The van der Waals surface area contributed by atoms with Gasteiger partial charge in [-0.05, 0) is 68.5 Å². The summed E-state index contributed by atoms with van der Waals surface area (Å²) in [5.41, 5.74) is 2.22. The number of hydrogen-bond donors (Lipinski definition) is 2. The van der Waals surface area contributed by atoms with Crippen LogP contribution in [0.4, 0.5) is 0 Å². The Labute approximate surface area is 166 Å². The van der Waals surface area contributed by atoms with E-state index in [2.05, 4.69) is 5.32 Å². The highest BCUT2D eigenvalue weighted by Gasteiger charge is 2.51. The zero-order chi connectivity index (χ0) is 20.3. The van der Waals surface area contributed by atoms with E-state index in [0.29, 0.717) is 5.75 Å². The van der Waals surface area contributed by atoms with Crippen LogP contribution in [0.25, 0.3) is 0 Å². The fourth-order valence-electron chi connectivity index (χ4n) is 3.43. The van der Waals surface area contributed by atoms with Crippen molar-refractivity contribution in [3.05, 3.63) is 59.2 Å². The Kier molecular flexibility index (Phi) is 5.94. The van der Waals surface area contributed by atoms with Crippen LogP contribution in [-0.4, -0.2) is 30.8 Å². The number of rotatable bonds is 8. The number of methoxy groups -OCH3 is 1. The maximum absolute atomic E-state index is 12.9. The van der Waals surface area contributed by atoms with Gasteiger partial charge in [0.25, 0.3) is 0 Å². The summed E-state index contributed by atoms with van der Waals surface area (Å²) in [5.74, 6) is 1.45. The van der Waals surface area contributed by atoms with Crippen LogP contribution in [0.2, 0.25) is 0 Å². The Balaban J connectivity index is 1.65. The summed E-state index contributed by atoms with van der Waals surface area (Å²) in [6.07, 6.45) is 0.883. The van der Waals surface area contributed by atoms with Crippen LogP contribution < -0.4 is 14.8 Å². The highest BCUT2D eigenvalue weighted by Crippen LogP contribution is 2.49. The Bertz CT molecular complexity index is 842. The molecule has 0 bridgehead atoms. The zero-order valence-electron chi connectivity index (χ0n) is 17.0. The van der Waals surface area contributed by atoms with E-state index in [1.54, 1.807) is 7.11 Å². The molecule has 3 rings (SSSR count). The summed E-state index contributed by atoms with van der Waals surface area (Å²) >= 11 is 0. The minimum absolute atomic E-state index is 0.0490. The first-order valence-electron chi connectivity index (χ1n) is 9.74. The topological polar surface area (TPSA) is 67.8 Å². The summed E-state index contributed by atoms with van der Waals surface area (Å²) in [4.78, 5) is 12.9. The lowest BCUT2D eigenvalue weighted by Gasteiger charge is -2.19. The molecule has 1 unspecified atom stereocenters. The molecule has 1 aliphatic carbocycles. The summed E-state index contributed by atoms with van der Waals surface area (Å²) in [6.45, 7) is 6.06. The number of carbonyl (C=O) groups is 1. The van der Waals surface area contributed by atoms with Gasteiger partial charge in [-0.15, -0.1) is 0 Å². The van der Waals surface area contributed by atoms with Gasteiger partial charge in [-0.2, -0.15) is 0 Å². The monoisotopic (exact) mass is 383 g/mol. The van der Waals surface area contributed by atoms with E-state index in [1.807, 2.05) is 63.2 Å². The van der Waals surface area contributed by atoms with Crippen molar-refractivity contribution in [1.29, 1.82) is 0 Å². The SMILES string of the molecule is COc1cc(C2(C(=O)NCC(O)c3cccc(OC(C)C)c3)CC2)ccc1C. The third kappa shape index (κ3) is 4.30. The molecule has 1 saturated carbocycles. The molecule has 0 heterocycles. The van der Waals surface area contributed by atoms with Crippen LogP contribution in [0.5, 0.6) is 11.5 Å². The summed E-state index contributed by atoms with van der Waals surface area (Å²) in [6, 6.07) is 13.3. The van der Waals surface area contributed by atoms with E-state index in [-0.39, 0.29) is 18.6 Å². The zero-order valence-corrected chi connectivity index (χ0v) is 17.0. The molecule has 1 fully saturated rings. The van der Waals surface area contributed by atoms with Crippen LogP contribution in [-0.2, 0) is 10.2 Å². The molecule has 0 aliphatic heterocycles. The lowest BCUT2D eigenvalue weighted by molar-refractivity contribution is -0.124. The molecular formula is C23H29NO4. The van der Waals surface area contributed by atoms with E-state index in [9.17, 15) is 9.90 Å². The van der Waals surface area contributed by atoms with Crippen molar-refractivity contribution in [3.63, 3.8) is 0 Å². The number of amides is 1. The number of ether oxygens (including phenoxy) is 2. The first kappa shape index (κ1) is 20.2. The average molecular weight is 383 g/mol. The van der Waals surface area contributed by atoms with Gasteiger partial charge < -0.3 is 19.9 Å². The summed E-state index contributed by atoms with van der Waals surface area (Å²) in [5, 5.41) is 13.4. The Morgan fingerprint density at radius 1 is 1.21 bits per heavy atom. The van der Waals surface area contributed by atoms with Crippen molar-refractivity contribution in [2.24, 2.45) is 0 Å². The van der Waals surface area contributed by atoms with Gasteiger partial charge in [0.05, 0.1) is 24.7 Å². The average Bonchev–Trinajstić information content (AvgIpc) is 3.48. The van der Waals surface area contributed by atoms with E-state index < -0.39 is 11.5 Å². The van der Waals surface area contributed by atoms with Crippen LogP contribution in [0.1, 0.15) is 49.5 Å².